The zero-order chi connectivity index (χ0) is 31.2. The third-order valence-corrected chi connectivity index (χ3v) is 7.02. The molecule has 2 aromatic heterocycles. The van der Waals surface area contributed by atoms with Gasteiger partial charge in [0.2, 0.25) is 5.88 Å². The molecule has 0 radical (unpaired) electrons. The topological polar surface area (TPSA) is 108 Å². The molecule has 2 heterocycles. The zero-order valence-corrected chi connectivity index (χ0v) is 24.3. The maximum Gasteiger partial charge on any atom is 0.337 e. The number of halogens is 2. The monoisotopic (exact) mass is 598 g/mol. The van der Waals surface area contributed by atoms with E-state index in [2.05, 4.69) is 9.97 Å². The SMILES string of the molecule is COCCn1c(Cc2ccc(-c3cc(F)cc(OCc4ccc(C#N)cc4OC)n3)cc2F)nc2ccc(C(=O)OC)cc21. The highest BCUT2D eigenvalue weighted by Gasteiger charge is 2.17. The van der Waals surface area contributed by atoms with Crippen LogP contribution in [-0.4, -0.2) is 48.4 Å². The van der Waals surface area contributed by atoms with Crippen LogP contribution in [0.15, 0.2) is 66.7 Å². The first-order valence-corrected chi connectivity index (χ1v) is 13.6. The Labute approximate surface area is 252 Å². The van der Waals surface area contributed by atoms with Crippen molar-refractivity contribution in [2.45, 2.75) is 19.6 Å². The van der Waals surface area contributed by atoms with Crippen LogP contribution in [-0.2, 0) is 29.0 Å². The van der Waals surface area contributed by atoms with Gasteiger partial charge < -0.3 is 23.5 Å². The smallest absolute Gasteiger partial charge is 0.337 e. The van der Waals surface area contributed by atoms with Crippen LogP contribution >= 0.6 is 0 Å². The molecule has 0 aliphatic carbocycles. The molecule has 0 N–H and O–H groups in total. The van der Waals surface area contributed by atoms with Gasteiger partial charge in [-0.15, -0.1) is 0 Å². The van der Waals surface area contributed by atoms with Crippen molar-refractivity contribution >= 4 is 17.0 Å². The number of rotatable bonds is 11. The number of hydrogen-bond acceptors (Lipinski definition) is 8. The minimum Gasteiger partial charge on any atom is -0.496 e. The molecule has 0 fully saturated rings. The van der Waals surface area contributed by atoms with Gasteiger partial charge in [-0.05, 0) is 42.0 Å². The fourth-order valence-electron chi connectivity index (χ4n) is 4.79. The van der Waals surface area contributed by atoms with Gasteiger partial charge in [0.05, 0.1) is 54.7 Å². The molecule has 0 spiro atoms. The van der Waals surface area contributed by atoms with Gasteiger partial charge in [0.25, 0.3) is 0 Å². The van der Waals surface area contributed by atoms with Crippen LogP contribution in [0.1, 0.15) is 32.9 Å². The Morgan fingerprint density at radius 2 is 1.77 bits per heavy atom. The van der Waals surface area contributed by atoms with E-state index in [9.17, 15) is 9.18 Å². The average molecular weight is 599 g/mol. The number of esters is 1. The third-order valence-electron chi connectivity index (χ3n) is 7.02. The molecule has 0 saturated heterocycles. The molecule has 0 aliphatic heterocycles. The van der Waals surface area contributed by atoms with Gasteiger partial charge in [0.1, 0.15) is 29.8 Å². The maximum atomic E-state index is 15.5. The molecule has 44 heavy (non-hydrogen) atoms. The van der Waals surface area contributed by atoms with Crippen molar-refractivity contribution in [3.63, 3.8) is 0 Å². The number of ether oxygens (including phenoxy) is 4. The molecular weight excluding hydrogens is 570 g/mol. The number of nitriles is 1. The molecule has 9 nitrogen and oxygen atoms in total. The van der Waals surface area contributed by atoms with Gasteiger partial charge in [-0.2, -0.15) is 5.26 Å². The summed E-state index contributed by atoms with van der Waals surface area (Å²) in [7, 11) is 4.37. The third kappa shape index (κ3) is 6.50. The summed E-state index contributed by atoms with van der Waals surface area (Å²) in [6, 6.07) is 18.9. The van der Waals surface area contributed by atoms with E-state index >= 15 is 4.39 Å². The second kappa shape index (κ2) is 13.3. The second-order valence-electron chi connectivity index (χ2n) is 9.79. The molecule has 0 unspecified atom stereocenters. The van der Waals surface area contributed by atoms with E-state index in [1.165, 1.54) is 26.4 Å². The van der Waals surface area contributed by atoms with E-state index in [0.29, 0.717) is 63.6 Å². The van der Waals surface area contributed by atoms with Crippen molar-refractivity contribution in [3.8, 4) is 29.0 Å². The predicted octanol–water partition coefficient (Wildman–Crippen LogP) is 5.86. The number of methoxy groups -OCH3 is 3. The van der Waals surface area contributed by atoms with Gasteiger partial charge in [-0.25, -0.2) is 23.5 Å². The van der Waals surface area contributed by atoms with Crippen LogP contribution in [0.25, 0.3) is 22.3 Å². The summed E-state index contributed by atoms with van der Waals surface area (Å²) in [6.45, 7) is 0.843. The van der Waals surface area contributed by atoms with Gasteiger partial charge >= 0.3 is 5.97 Å². The number of benzene rings is 3. The summed E-state index contributed by atoms with van der Waals surface area (Å²) in [4.78, 5) is 21.2. The van der Waals surface area contributed by atoms with Crippen LogP contribution < -0.4 is 9.47 Å². The van der Waals surface area contributed by atoms with Crippen LogP contribution in [0.4, 0.5) is 8.78 Å². The number of fused-ring (bicyclic) bond motifs is 1. The Kier molecular flexibility index (Phi) is 9.12. The van der Waals surface area contributed by atoms with Crippen LogP contribution in [0.2, 0.25) is 0 Å². The van der Waals surface area contributed by atoms with E-state index in [0.717, 1.165) is 6.07 Å². The lowest BCUT2D eigenvalue weighted by atomic mass is 10.1. The number of carbonyl (C=O) groups is 1. The van der Waals surface area contributed by atoms with E-state index in [4.69, 9.17) is 24.2 Å². The molecule has 0 amide bonds. The molecule has 3 aromatic carbocycles. The number of imidazole rings is 1. The zero-order valence-electron chi connectivity index (χ0n) is 24.3. The molecule has 224 valence electrons. The lowest BCUT2D eigenvalue weighted by Gasteiger charge is -2.12. The molecule has 5 aromatic rings. The summed E-state index contributed by atoms with van der Waals surface area (Å²) in [6.07, 6.45) is 0.162. The van der Waals surface area contributed by atoms with E-state index in [1.54, 1.807) is 55.6 Å². The molecule has 0 aliphatic rings. The van der Waals surface area contributed by atoms with Crippen LogP contribution in [0.3, 0.4) is 0 Å². The molecule has 11 heteroatoms. The summed E-state index contributed by atoms with van der Waals surface area (Å²) in [5, 5.41) is 9.10. The van der Waals surface area contributed by atoms with E-state index < -0.39 is 17.6 Å². The van der Waals surface area contributed by atoms with E-state index in [-0.39, 0.29) is 24.6 Å². The number of nitrogens with zero attached hydrogens (tertiary/aromatic N) is 4. The standard InChI is InChI=1S/C33H28F2N4O5/c1-41-11-10-39-29-14-23(33(40)43-3)8-9-27(29)37-31(39)15-21-6-7-22(13-26(21)35)28-16-25(34)17-32(38-28)44-19-24-5-4-20(18-36)12-30(24)42-2/h4-9,12-14,16-17H,10-11,15,19H2,1-3H3. The molecule has 0 atom stereocenters. The Morgan fingerprint density at radius 1 is 0.955 bits per heavy atom. The fraction of sp³-hybridized carbons (Fsp3) is 0.212. The fourth-order valence-corrected chi connectivity index (χ4v) is 4.79. The largest absolute Gasteiger partial charge is 0.496 e. The Morgan fingerprint density at radius 3 is 2.50 bits per heavy atom. The maximum absolute atomic E-state index is 15.5. The van der Waals surface area contributed by atoms with Crippen molar-refractivity contribution < 1.29 is 32.5 Å². The number of carbonyl (C=O) groups excluding carboxylic acids is 1. The van der Waals surface area contributed by atoms with Gasteiger partial charge in [-0.3, -0.25) is 0 Å². The minimum absolute atomic E-state index is 0.00841. The lowest BCUT2D eigenvalue weighted by Crippen LogP contribution is -2.10. The number of aromatic nitrogens is 3. The number of pyridine rings is 1. The first-order valence-electron chi connectivity index (χ1n) is 13.6. The molecule has 5 rings (SSSR count). The van der Waals surface area contributed by atoms with Gasteiger partial charge in [-0.1, -0.05) is 18.2 Å². The lowest BCUT2D eigenvalue weighted by molar-refractivity contribution is 0.0601. The van der Waals surface area contributed by atoms with Crippen LogP contribution in [0, 0.1) is 23.0 Å². The highest BCUT2D eigenvalue weighted by Crippen LogP contribution is 2.28. The van der Waals surface area contributed by atoms with E-state index in [1.807, 2.05) is 10.6 Å². The Balaban J connectivity index is 1.39. The Bertz CT molecular complexity index is 1880. The van der Waals surface area contributed by atoms with Crippen molar-refractivity contribution in [2.75, 3.05) is 27.9 Å². The highest BCUT2D eigenvalue weighted by atomic mass is 19.1. The molecule has 0 saturated carbocycles. The summed E-state index contributed by atoms with van der Waals surface area (Å²) in [5.74, 6) is -0.530. The Hall–Kier alpha value is -5.34. The minimum atomic E-state index is -0.598. The quantitative estimate of drug-likeness (QED) is 0.174. The summed E-state index contributed by atoms with van der Waals surface area (Å²) in [5.41, 5.74) is 3.74. The molecular formula is C33H28F2N4O5. The second-order valence-corrected chi connectivity index (χ2v) is 9.79. The van der Waals surface area contributed by atoms with Gasteiger partial charge in [0.15, 0.2) is 0 Å². The normalized spacial score (nSPS) is 10.9. The number of hydrogen-bond donors (Lipinski definition) is 0. The molecule has 0 bridgehead atoms. The van der Waals surface area contributed by atoms with Crippen molar-refractivity contribution in [1.29, 1.82) is 5.26 Å². The van der Waals surface area contributed by atoms with Gasteiger partial charge in [0, 0.05) is 43.3 Å². The van der Waals surface area contributed by atoms with Crippen molar-refractivity contribution in [1.82, 2.24) is 14.5 Å². The predicted molar refractivity (Wildman–Crippen MR) is 157 cm³/mol. The summed E-state index contributed by atoms with van der Waals surface area (Å²) >= 11 is 0. The summed E-state index contributed by atoms with van der Waals surface area (Å²) < 4.78 is 53.1. The highest BCUT2D eigenvalue weighted by molar-refractivity contribution is 5.93. The van der Waals surface area contributed by atoms with Crippen LogP contribution in [0.5, 0.6) is 11.6 Å². The van der Waals surface area contributed by atoms with Crippen molar-refractivity contribution in [2.24, 2.45) is 0 Å². The average Bonchev–Trinajstić information content (AvgIpc) is 3.38. The van der Waals surface area contributed by atoms with Crippen molar-refractivity contribution in [3.05, 3.63) is 106 Å². The first-order chi connectivity index (χ1) is 21.3. The first kappa shape index (κ1) is 30.1.